The summed E-state index contributed by atoms with van der Waals surface area (Å²) in [6.45, 7) is 4.30. The number of carbonyl (C=O) groups excluding carboxylic acids is 2. The van der Waals surface area contributed by atoms with Gasteiger partial charge in [-0.25, -0.2) is 0 Å². The number of carbonyl (C=O) groups is 2. The molecule has 2 saturated heterocycles. The van der Waals surface area contributed by atoms with Gasteiger partial charge in [-0.3, -0.25) is 24.4 Å². The third-order valence-corrected chi connectivity index (χ3v) is 3.72. The zero-order chi connectivity index (χ0) is 13.4. The summed E-state index contributed by atoms with van der Waals surface area (Å²) in [5, 5.41) is 0. The number of pyridine rings is 1. The maximum atomic E-state index is 11.6. The van der Waals surface area contributed by atoms with Crippen LogP contribution in [0.15, 0.2) is 18.2 Å². The van der Waals surface area contributed by atoms with Gasteiger partial charge in [-0.1, -0.05) is 6.07 Å². The molecule has 0 saturated carbocycles. The second-order valence-electron chi connectivity index (χ2n) is 5.28. The smallest absolute Gasteiger partial charge is 0.230 e. The van der Waals surface area contributed by atoms with Crippen molar-refractivity contribution in [3.63, 3.8) is 0 Å². The molecule has 2 aliphatic rings. The molecule has 0 radical (unpaired) electrons. The third kappa shape index (κ3) is 2.38. The topological polar surface area (TPSA) is 53.5 Å². The fraction of sp³-hybridized carbons (Fsp3) is 0.500. The van der Waals surface area contributed by atoms with E-state index in [0.717, 1.165) is 31.0 Å². The predicted molar refractivity (Wildman–Crippen MR) is 69.1 cm³/mol. The number of aromatic nitrogens is 1. The first-order chi connectivity index (χ1) is 9.13. The van der Waals surface area contributed by atoms with Crippen molar-refractivity contribution in [3.05, 3.63) is 29.6 Å². The van der Waals surface area contributed by atoms with Crippen molar-refractivity contribution in [3.8, 4) is 0 Å². The first-order valence-corrected chi connectivity index (χ1v) is 6.63. The van der Waals surface area contributed by atoms with E-state index >= 15 is 0 Å². The molecule has 1 aromatic rings. The molecule has 5 heteroatoms. The Morgan fingerprint density at radius 2 is 1.89 bits per heavy atom. The van der Waals surface area contributed by atoms with Gasteiger partial charge in [0.15, 0.2) is 0 Å². The van der Waals surface area contributed by atoms with E-state index in [1.54, 1.807) is 0 Å². The van der Waals surface area contributed by atoms with Crippen LogP contribution >= 0.6 is 0 Å². The van der Waals surface area contributed by atoms with Crippen molar-refractivity contribution in [1.29, 1.82) is 0 Å². The van der Waals surface area contributed by atoms with Crippen molar-refractivity contribution in [1.82, 2.24) is 14.8 Å². The molecular weight excluding hydrogens is 242 g/mol. The highest BCUT2D eigenvalue weighted by Crippen LogP contribution is 2.23. The van der Waals surface area contributed by atoms with E-state index in [-0.39, 0.29) is 17.9 Å². The average molecular weight is 259 g/mol. The number of aryl methyl sites for hydroxylation is 1. The van der Waals surface area contributed by atoms with Crippen LogP contribution in [-0.2, 0) is 16.1 Å². The molecule has 0 atom stereocenters. The minimum Gasteiger partial charge on any atom is -0.293 e. The Morgan fingerprint density at radius 1 is 1.21 bits per heavy atom. The molecule has 5 nitrogen and oxygen atoms in total. The number of imide groups is 1. The lowest BCUT2D eigenvalue weighted by Crippen LogP contribution is -2.60. The number of nitrogens with zero attached hydrogens (tertiary/aromatic N) is 3. The van der Waals surface area contributed by atoms with Crippen LogP contribution in [0.5, 0.6) is 0 Å². The Labute approximate surface area is 112 Å². The Balaban J connectivity index is 1.56. The van der Waals surface area contributed by atoms with E-state index in [9.17, 15) is 9.59 Å². The van der Waals surface area contributed by atoms with Crippen LogP contribution in [-0.4, -0.2) is 45.7 Å². The molecule has 0 aromatic carbocycles. The largest absolute Gasteiger partial charge is 0.293 e. The normalized spacial score (nSPS) is 21.0. The zero-order valence-electron chi connectivity index (χ0n) is 11.0. The van der Waals surface area contributed by atoms with E-state index in [1.165, 1.54) is 4.90 Å². The molecule has 1 aromatic heterocycles. The Kier molecular flexibility index (Phi) is 3.06. The van der Waals surface area contributed by atoms with Gasteiger partial charge >= 0.3 is 0 Å². The monoisotopic (exact) mass is 259 g/mol. The fourth-order valence-corrected chi connectivity index (χ4v) is 2.75. The van der Waals surface area contributed by atoms with E-state index in [1.807, 2.05) is 25.1 Å². The van der Waals surface area contributed by atoms with Crippen molar-refractivity contribution >= 4 is 11.8 Å². The maximum absolute atomic E-state index is 11.6. The van der Waals surface area contributed by atoms with Crippen LogP contribution in [0.25, 0.3) is 0 Å². The highest BCUT2D eigenvalue weighted by atomic mass is 16.2. The molecular formula is C14H17N3O2. The van der Waals surface area contributed by atoms with E-state index < -0.39 is 0 Å². The van der Waals surface area contributed by atoms with E-state index in [2.05, 4.69) is 9.88 Å². The number of hydrogen-bond acceptors (Lipinski definition) is 4. The van der Waals surface area contributed by atoms with E-state index in [0.29, 0.717) is 12.8 Å². The van der Waals surface area contributed by atoms with Crippen LogP contribution in [0.3, 0.4) is 0 Å². The SMILES string of the molecule is Cc1cccc(CN2CC(N3C(=O)CCC3=O)C2)n1. The summed E-state index contributed by atoms with van der Waals surface area (Å²) in [5.74, 6) is -0.0216. The number of hydrogen-bond donors (Lipinski definition) is 0. The van der Waals surface area contributed by atoms with Gasteiger partial charge in [0.2, 0.25) is 11.8 Å². The average Bonchev–Trinajstić information content (AvgIpc) is 2.64. The van der Waals surface area contributed by atoms with Crippen molar-refractivity contribution in [2.75, 3.05) is 13.1 Å². The Morgan fingerprint density at radius 3 is 2.53 bits per heavy atom. The van der Waals surface area contributed by atoms with Gasteiger partial charge in [0.1, 0.15) is 0 Å². The predicted octanol–water partition coefficient (Wildman–Crippen LogP) is 0.723. The highest BCUT2D eigenvalue weighted by molar-refractivity contribution is 6.02. The molecule has 3 rings (SSSR count). The number of likely N-dealkylation sites (tertiary alicyclic amines) is 2. The van der Waals surface area contributed by atoms with Crippen LogP contribution in [0.2, 0.25) is 0 Å². The van der Waals surface area contributed by atoms with Gasteiger partial charge in [0.25, 0.3) is 0 Å². The number of amides is 2. The minimum atomic E-state index is -0.0108. The summed E-state index contributed by atoms with van der Waals surface area (Å²) in [7, 11) is 0. The van der Waals surface area contributed by atoms with Crippen molar-refractivity contribution < 1.29 is 9.59 Å². The lowest BCUT2D eigenvalue weighted by Gasteiger charge is -2.42. The summed E-state index contributed by atoms with van der Waals surface area (Å²) in [4.78, 5) is 31.3. The quantitative estimate of drug-likeness (QED) is 0.751. The molecule has 100 valence electrons. The first kappa shape index (κ1) is 12.3. The molecule has 2 aliphatic heterocycles. The second kappa shape index (κ2) is 4.74. The van der Waals surface area contributed by atoms with Crippen LogP contribution in [0, 0.1) is 6.92 Å². The van der Waals surface area contributed by atoms with Gasteiger partial charge in [-0.05, 0) is 19.1 Å². The third-order valence-electron chi connectivity index (χ3n) is 3.72. The molecule has 0 spiro atoms. The molecule has 0 unspecified atom stereocenters. The summed E-state index contributed by atoms with van der Waals surface area (Å²) < 4.78 is 0. The van der Waals surface area contributed by atoms with Gasteiger partial charge in [0, 0.05) is 38.2 Å². The van der Waals surface area contributed by atoms with Gasteiger partial charge in [0.05, 0.1) is 11.7 Å². The molecule has 2 amide bonds. The van der Waals surface area contributed by atoms with Gasteiger partial charge in [-0.15, -0.1) is 0 Å². The molecule has 2 fully saturated rings. The summed E-state index contributed by atoms with van der Waals surface area (Å²) >= 11 is 0. The standard InChI is InChI=1S/C14H17N3O2/c1-10-3-2-4-11(15-10)7-16-8-12(9-16)17-13(18)5-6-14(17)19/h2-4,12H,5-9H2,1H3. The Bertz CT molecular complexity index is 507. The van der Waals surface area contributed by atoms with Gasteiger partial charge < -0.3 is 0 Å². The van der Waals surface area contributed by atoms with E-state index in [4.69, 9.17) is 0 Å². The lowest BCUT2D eigenvalue weighted by atomic mass is 10.1. The van der Waals surface area contributed by atoms with Crippen molar-refractivity contribution in [2.45, 2.75) is 32.4 Å². The molecule has 0 bridgehead atoms. The van der Waals surface area contributed by atoms with Gasteiger partial charge in [-0.2, -0.15) is 0 Å². The maximum Gasteiger partial charge on any atom is 0.230 e. The molecule has 3 heterocycles. The summed E-state index contributed by atoms with van der Waals surface area (Å²) in [6, 6.07) is 6.06. The molecule has 19 heavy (non-hydrogen) atoms. The molecule has 0 aliphatic carbocycles. The zero-order valence-corrected chi connectivity index (χ0v) is 11.0. The second-order valence-corrected chi connectivity index (χ2v) is 5.28. The van der Waals surface area contributed by atoms with Crippen LogP contribution in [0.4, 0.5) is 0 Å². The Hall–Kier alpha value is -1.75. The number of rotatable bonds is 3. The minimum absolute atomic E-state index is 0.0108. The molecule has 0 N–H and O–H groups in total. The van der Waals surface area contributed by atoms with Crippen LogP contribution < -0.4 is 0 Å². The van der Waals surface area contributed by atoms with Crippen LogP contribution in [0.1, 0.15) is 24.2 Å². The summed E-state index contributed by atoms with van der Waals surface area (Å²) in [5.41, 5.74) is 2.05. The first-order valence-electron chi connectivity index (χ1n) is 6.63. The highest BCUT2D eigenvalue weighted by Gasteiger charge is 2.40. The summed E-state index contributed by atoms with van der Waals surface area (Å²) in [6.07, 6.45) is 0.767. The fourth-order valence-electron chi connectivity index (χ4n) is 2.75. The lowest BCUT2D eigenvalue weighted by molar-refractivity contribution is -0.145. The van der Waals surface area contributed by atoms with Crippen molar-refractivity contribution in [2.24, 2.45) is 0 Å².